The van der Waals surface area contributed by atoms with Crippen molar-refractivity contribution in [3.05, 3.63) is 47.5 Å². The minimum atomic E-state index is -0.520. The summed E-state index contributed by atoms with van der Waals surface area (Å²) in [6.07, 6.45) is 2.81. The zero-order chi connectivity index (χ0) is 12.7. The summed E-state index contributed by atoms with van der Waals surface area (Å²) in [6.45, 7) is 3.75. The van der Waals surface area contributed by atoms with E-state index in [-0.39, 0.29) is 12.2 Å². The third-order valence-electron chi connectivity index (χ3n) is 2.84. The van der Waals surface area contributed by atoms with Gasteiger partial charge in [-0.2, -0.15) is 0 Å². The zero-order valence-electron chi connectivity index (χ0n) is 10.5. The molecule has 2 nitrogen and oxygen atoms in total. The highest BCUT2D eigenvalue weighted by atomic mass is 16.3. The lowest BCUT2D eigenvalue weighted by Gasteiger charge is -2.09. The molecule has 0 bridgehead atoms. The molecule has 0 fully saturated rings. The van der Waals surface area contributed by atoms with E-state index in [1.54, 1.807) is 0 Å². The van der Waals surface area contributed by atoms with Crippen LogP contribution in [0.3, 0.4) is 0 Å². The van der Waals surface area contributed by atoms with E-state index in [2.05, 4.69) is 0 Å². The number of rotatable bonds is 6. The molecule has 0 spiro atoms. The van der Waals surface area contributed by atoms with Crippen molar-refractivity contribution in [3.8, 4) is 0 Å². The molecule has 1 aromatic carbocycles. The van der Waals surface area contributed by atoms with E-state index in [1.807, 2.05) is 50.3 Å². The summed E-state index contributed by atoms with van der Waals surface area (Å²) in [5, 5.41) is 9.49. The minimum absolute atomic E-state index is 0.0469. The molecule has 0 aliphatic heterocycles. The van der Waals surface area contributed by atoms with Gasteiger partial charge < -0.3 is 5.11 Å². The van der Waals surface area contributed by atoms with Gasteiger partial charge in [-0.25, -0.2) is 0 Å². The maximum atomic E-state index is 11.9. The molecule has 0 amide bonds. The molecule has 0 radical (unpaired) electrons. The van der Waals surface area contributed by atoms with Gasteiger partial charge in [0.25, 0.3) is 0 Å². The van der Waals surface area contributed by atoms with Crippen molar-refractivity contribution in [2.45, 2.75) is 39.2 Å². The average molecular weight is 232 g/mol. The van der Waals surface area contributed by atoms with Crippen LogP contribution in [0.1, 0.15) is 32.3 Å². The number of Topliss-reactive ketones (excluding diaryl/α,β-unsaturated/α-hetero) is 1. The molecule has 1 unspecified atom stereocenters. The van der Waals surface area contributed by atoms with E-state index in [9.17, 15) is 9.90 Å². The Balaban J connectivity index is 2.64. The van der Waals surface area contributed by atoms with E-state index >= 15 is 0 Å². The summed E-state index contributed by atoms with van der Waals surface area (Å²) >= 11 is 0. The van der Waals surface area contributed by atoms with Gasteiger partial charge >= 0.3 is 0 Å². The molecule has 2 heteroatoms. The van der Waals surface area contributed by atoms with Crippen molar-refractivity contribution in [2.24, 2.45) is 0 Å². The topological polar surface area (TPSA) is 37.3 Å². The van der Waals surface area contributed by atoms with Crippen molar-refractivity contribution >= 4 is 5.78 Å². The summed E-state index contributed by atoms with van der Waals surface area (Å²) < 4.78 is 0. The highest BCUT2D eigenvalue weighted by Crippen LogP contribution is 2.12. The van der Waals surface area contributed by atoms with Crippen LogP contribution in [-0.2, 0) is 11.2 Å². The number of aliphatic hydroxyl groups is 1. The van der Waals surface area contributed by atoms with E-state index < -0.39 is 6.10 Å². The first-order valence-corrected chi connectivity index (χ1v) is 6.07. The first-order chi connectivity index (χ1) is 8.17. The number of hydrogen-bond acceptors (Lipinski definition) is 2. The summed E-state index contributed by atoms with van der Waals surface area (Å²) in [4.78, 5) is 11.9. The molecule has 0 aliphatic rings. The first-order valence-electron chi connectivity index (χ1n) is 6.07. The predicted octanol–water partition coefficient (Wildman–Crippen LogP) is 2.91. The molecule has 92 valence electrons. The Morgan fingerprint density at radius 3 is 2.53 bits per heavy atom. The second-order valence-electron chi connectivity index (χ2n) is 4.17. The summed E-state index contributed by atoms with van der Waals surface area (Å²) in [5.41, 5.74) is 1.91. The summed E-state index contributed by atoms with van der Waals surface area (Å²) in [6, 6.07) is 9.91. The molecule has 17 heavy (non-hydrogen) atoms. The standard InChI is InChI=1S/C15H20O2/c1-3-13(15(17)11-14(16)4-2)10-12-8-6-5-7-9-12/h3,5-9,14,16H,4,10-11H2,1-2H3/b13-3+. The van der Waals surface area contributed by atoms with Crippen molar-refractivity contribution in [2.75, 3.05) is 0 Å². The molecule has 0 saturated carbocycles. The number of benzene rings is 1. The Kier molecular flexibility index (Phi) is 5.64. The fourth-order valence-electron chi connectivity index (χ4n) is 1.67. The van der Waals surface area contributed by atoms with E-state index in [0.29, 0.717) is 12.8 Å². The van der Waals surface area contributed by atoms with Crippen molar-refractivity contribution < 1.29 is 9.90 Å². The number of carbonyl (C=O) groups excluding carboxylic acids is 1. The highest BCUT2D eigenvalue weighted by molar-refractivity contribution is 5.95. The highest BCUT2D eigenvalue weighted by Gasteiger charge is 2.13. The maximum Gasteiger partial charge on any atom is 0.161 e. The lowest BCUT2D eigenvalue weighted by atomic mass is 9.97. The number of aliphatic hydroxyl groups excluding tert-OH is 1. The van der Waals surface area contributed by atoms with Crippen molar-refractivity contribution in [3.63, 3.8) is 0 Å². The van der Waals surface area contributed by atoms with Crippen LogP contribution in [0.5, 0.6) is 0 Å². The Morgan fingerprint density at radius 2 is 2.00 bits per heavy atom. The monoisotopic (exact) mass is 232 g/mol. The quantitative estimate of drug-likeness (QED) is 0.766. The molecule has 1 N–H and O–H groups in total. The Morgan fingerprint density at radius 1 is 1.35 bits per heavy atom. The van der Waals surface area contributed by atoms with Gasteiger partial charge in [0.15, 0.2) is 5.78 Å². The lowest BCUT2D eigenvalue weighted by Crippen LogP contribution is -2.15. The van der Waals surface area contributed by atoms with Crippen LogP contribution in [0.15, 0.2) is 42.0 Å². The van der Waals surface area contributed by atoms with Gasteiger partial charge in [-0.15, -0.1) is 0 Å². The van der Waals surface area contributed by atoms with Crippen LogP contribution >= 0.6 is 0 Å². The minimum Gasteiger partial charge on any atom is -0.393 e. The van der Waals surface area contributed by atoms with Crippen LogP contribution in [0.25, 0.3) is 0 Å². The summed E-state index contributed by atoms with van der Waals surface area (Å²) in [5.74, 6) is 0.0469. The second-order valence-corrected chi connectivity index (χ2v) is 4.17. The van der Waals surface area contributed by atoms with Crippen LogP contribution in [0.2, 0.25) is 0 Å². The van der Waals surface area contributed by atoms with E-state index in [0.717, 1.165) is 11.1 Å². The largest absolute Gasteiger partial charge is 0.393 e. The number of allylic oxidation sites excluding steroid dienone is 2. The third kappa shape index (κ3) is 4.53. The molecule has 0 aromatic heterocycles. The lowest BCUT2D eigenvalue weighted by molar-refractivity contribution is -0.117. The zero-order valence-corrected chi connectivity index (χ0v) is 10.5. The Hall–Kier alpha value is -1.41. The molecule has 0 saturated heterocycles. The average Bonchev–Trinajstić information content (AvgIpc) is 2.36. The second kappa shape index (κ2) is 7.02. The fourth-order valence-corrected chi connectivity index (χ4v) is 1.67. The van der Waals surface area contributed by atoms with Crippen molar-refractivity contribution in [1.82, 2.24) is 0 Å². The smallest absolute Gasteiger partial charge is 0.161 e. The first kappa shape index (κ1) is 13.7. The van der Waals surface area contributed by atoms with Crippen LogP contribution < -0.4 is 0 Å². The molecular formula is C15H20O2. The van der Waals surface area contributed by atoms with Gasteiger partial charge in [-0.05, 0) is 24.5 Å². The van der Waals surface area contributed by atoms with Crippen LogP contribution in [0.4, 0.5) is 0 Å². The van der Waals surface area contributed by atoms with Gasteiger partial charge in [0, 0.05) is 12.8 Å². The molecule has 1 atom stereocenters. The van der Waals surface area contributed by atoms with E-state index in [4.69, 9.17) is 0 Å². The fraction of sp³-hybridized carbons (Fsp3) is 0.400. The Labute approximate surface area is 103 Å². The maximum absolute atomic E-state index is 11.9. The third-order valence-corrected chi connectivity index (χ3v) is 2.84. The number of ketones is 1. The molecule has 1 aromatic rings. The van der Waals surface area contributed by atoms with Crippen LogP contribution in [0, 0.1) is 0 Å². The van der Waals surface area contributed by atoms with Gasteiger partial charge in [0.1, 0.15) is 0 Å². The van der Waals surface area contributed by atoms with Crippen molar-refractivity contribution in [1.29, 1.82) is 0 Å². The molecule has 1 rings (SSSR count). The summed E-state index contributed by atoms with van der Waals surface area (Å²) in [7, 11) is 0. The van der Waals surface area contributed by atoms with Gasteiger partial charge in [-0.3, -0.25) is 4.79 Å². The number of hydrogen-bond donors (Lipinski definition) is 1. The Bertz CT molecular complexity index is 379. The molecule has 0 heterocycles. The van der Waals surface area contributed by atoms with Crippen LogP contribution in [-0.4, -0.2) is 17.0 Å². The molecule has 0 aliphatic carbocycles. The normalized spacial score (nSPS) is 13.5. The van der Waals surface area contributed by atoms with Gasteiger partial charge in [0.2, 0.25) is 0 Å². The van der Waals surface area contributed by atoms with E-state index in [1.165, 1.54) is 0 Å². The SMILES string of the molecule is C/C=C(\Cc1ccccc1)C(=O)CC(O)CC. The van der Waals surface area contributed by atoms with Gasteiger partial charge in [0.05, 0.1) is 6.10 Å². The molecular weight excluding hydrogens is 212 g/mol. The van der Waals surface area contributed by atoms with Gasteiger partial charge in [-0.1, -0.05) is 43.3 Å². The predicted molar refractivity (Wildman–Crippen MR) is 69.8 cm³/mol. The number of carbonyl (C=O) groups is 1.